The molecule has 0 saturated heterocycles. The summed E-state index contributed by atoms with van der Waals surface area (Å²) in [6.45, 7) is 1.96. The summed E-state index contributed by atoms with van der Waals surface area (Å²) in [6, 6.07) is 6.30. The third-order valence-corrected chi connectivity index (χ3v) is 3.64. The summed E-state index contributed by atoms with van der Waals surface area (Å²) in [6.07, 6.45) is 1.12. The number of thioether (sulfide) groups is 1. The van der Waals surface area contributed by atoms with Gasteiger partial charge in [0.2, 0.25) is 11.8 Å². The first kappa shape index (κ1) is 14.7. The van der Waals surface area contributed by atoms with Gasteiger partial charge in [0, 0.05) is 6.42 Å². The van der Waals surface area contributed by atoms with Crippen LogP contribution in [0.25, 0.3) is 0 Å². The number of hydrogen-bond acceptors (Lipinski definition) is 7. The highest BCUT2D eigenvalue weighted by Gasteiger charge is 2.11. The maximum Gasteiger partial charge on any atom is 0.277 e. The first-order valence-corrected chi connectivity index (χ1v) is 7.72. The van der Waals surface area contributed by atoms with E-state index in [-0.39, 0.29) is 5.82 Å². The molecular weight excluding hydrogens is 307 g/mol. The van der Waals surface area contributed by atoms with Crippen LogP contribution in [-0.4, -0.2) is 20.3 Å². The van der Waals surface area contributed by atoms with Gasteiger partial charge in [-0.3, -0.25) is 0 Å². The van der Waals surface area contributed by atoms with E-state index in [1.807, 2.05) is 13.0 Å². The number of nitrogens with zero attached hydrogens (tertiary/aromatic N) is 4. The summed E-state index contributed by atoms with van der Waals surface area (Å²) in [4.78, 5) is 4.20. The average Bonchev–Trinajstić information content (AvgIpc) is 3.14. The molecule has 0 aliphatic carbocycles. The summed E-state index contributed by atoms with van der Waals surface area (Å²) >= 11 is 1.32. The maximum absolute atomic E-state index is 13.1. The van der Waals surface area contributed by atoms with E-state index in [4.69, 9.17) is 8.94 Å². The Kier molecular flexibility index (Phi) is 4.47. The molecule has 0 aliphatic heterocycles. The van der Waals surface area contributed by atoms with Gasteiger partial charge in [0.25, 0.3) is 5.22 Å². The molecule has 22 heavy (non-hydrogen) atoms. The summed E-state index contributed by atoms with van der Waals surface area (Å²) in [5, 5.41) is 12.1. The van der Waals surface area contributed by atoms with Crippen LogP contribution in [0.5, 0.6) is 0 Å². The first-order chi connectivity index (χ1) is 10.7. The van der Waals surface area contributed by atoms with Gasteiger partial charge in [-0.15, -0.1) is 10.2 Å². The van der Waals surface area contributed by atoms with Crippen LogP contribution in [0.3, 0.4) is 0 Å². The third-order valence-electron chi connectivity index (χ3n) is 2.84. The molecule has 0 unspecified atom stereocenters. The van der Waals surface area contributed by atoms with Crippen molar-refractivity contribution in [3.63, 3.8) is 0 Å². The lowest BCUT2D eigenvalue weighted by molar-refractivity contribution is 0.384. The second-order valence-electron chi connectivity index (χ2n) is 4.51. The molecule has 0 amide bonds. The Morgan fingerprint density at radius 1 is 1.23 bits per heavy atom. The highest BCUT2D eigenvalue weighted by molar-refractivity contribution is 7.98. The number of benzene rings is 1. The van der Waals surface area contributed by atoms with Crippen molar-refractivity contribution in [3.8, 4) is 0 Å². The Morgan fingerprint density at radius 3 is 2.91 bits per heavy atom. The van der Waals surface area contributed by atoms with Gasteiger partial charge in [0.1, 0.15) is 5.82 Å². The van der Waals surface area contributed by atoms with Gasteiger partial charge in [-0.05, 0) is 17.7 Å². The predicted molar refractivity (Wildman–Crippen MR) is 76.7 cm³/mol. The summed E-state index contributed by atoms with van der Waals surface area (Å²) < 4.78 is 23.7. The lowest BCUT2D eigenvalue weighted by Crippen LogP contribution is -1.89. The minimum atomic E-state index is -0.283. The number of aryl methyl sites for hydroxylation is 1. The SMILES string of the molecule is CCc1noc(CSc2nnc(Cc3cccc(F)c3)o2)n1. The van der Waals surface area contributed by atoms with Crippen molar-refractivity contribution < 1.29 is 13.3 Å². The molecule has 114 valence electrons. The van der Waals surface area contributed by atoms with Crippen LogP contribution in [0.15, 0.2) is 38.4 Å². The predicted octanol–water partition coefficient (Wildman–Crippen LogP) is 3.04. The Labute approximate surface area is 130 Å². The molecule has 0 bridgehead atoms. The molecule has 0 radical (unpaired) electrons. The van der Waals surface area contributed by atoms with E-state index in [0.717, 1.165) is 12.0 Å². The number of aromatic nitrogens is 4. The van der Waals surface area contributed by atoms with E-state index in [1.165, 1.54) is 23.9 Å². The van der Waals surface area contributed by atoms with Crippen molar-refractivity contribution in [2.45, 2.75) is 30.7 Å². The zero-order chi connectivity index (χ0) is 15.4. The number of hydrogen-bond donors (Lipinski definition) is 0. The van der Waals surface area contributed by atoms with Crippen LogP contribution >= 0.6 is 11.8 Å². The molecule has 6 nitrogen and oxygen atoms in total. The fraction of sp³-hybridized carbons (Fsp3) is 0.286. The highest BCUT2D eigenvalue weighted by atomic mass is 32.2. The largest absolute Gasteiger partial charge is 0.416 e. The molecular formula is C14H13FN4O2S. The molecule has 2 aromatic heterocycles. The molecule has 0 spiro atoms. The summed E-state index contributed by atoms with van der Waals surface area (Å²) in [5.41, 5.74) is 0.782. The van der Waals surface area contributed by atoms with E-state index in [9.17, 15) is 4.39 Å². The second kappa shape index (κ2) is 6.69. The Morgan fingerprint density at radius 2 is 2.14 bits per heavy atom. The molecule has 3 rings (SSSR count). The van der Waals surface area contributed by atoms with Gasteiger partial charge in [0.15, 0.2) is 5.82 Å². The minimum Gasteiger partial charge on any atom is -0.416 e. The average molecular weight is 320 g/mol. The Balaban J connectivity index is 1.59. The van der Waals surface area contributed by atoms with Crippen molar-refractivity contribution in [1.82, 2.24) is 20.3 Å². The molecule has 2 heterocycles. The van der Waals surface area contributed by atoms with Crippen molar-refractivity contribution in [2.24, 2.45) is 0 Å². The number of halogens is 1. The molecule has 0 aliphatic rings. The lowest BCUT2D eigenvalue weighted by Gasteiger charge is -1.96. The van der Waals surface area contributed by atoms with Gasteiger partial charge >= 0.3 is 0 Å². The van der Waals surface area contributed by atoms with Crippen molar-refractivity contribution in [2.75, 3.05) is 0 Å². The van der Waals surface area contributed by atoms with Crippen LogP contribution in [0.1, 0.15) is 30.1 Å². The smallest absolute Gasteiger partial charge is 0.277 e. The van der Waals surface area contributed by atoms with Crippen molar-refractivity contribution >= 4 is 11.8 Å². The quantitative estimate of drug-likeness (QED) is 0.646. The van der Waals surface area contributed by atoms with Gasteiger partial charge in [-0.25, -0.2) is 4.39 Å². The second-order valence-corrected chi connectivity index (χ2v) is 5.44. The van der Waals surface area contributed by atoms with Crippen LogP contribution in [-0.2, 0) is 18.6 Å². The Hall–Kier alpha value is -2.22. The van der Waals surface area contributed by atoms with Crippen molar-refractivity contribution in [1.29, 1.82) is 0 Å². The van der Waals surface area contributed by atoms with E-state index >= 15 is 0 Å². The van der Waals surface area contributed by atoms with E-state index in [1.54, 1.807) is 6.07 Å². The normalized spacial score (nSPS) is 11.0. The summed E-state index contributed by atoms with van der Waals surface area (Å²) in [5.74, 6) is 1.82. The third kappa shape index (κ3) is 3.70. The molecule has 3 aromatic rings. The molecule has 0 saturated carbocycles. The van der Waals surface area contributed by atoms with E-state index in [2.05, 4.69) is 20.3 Å². The lowest BCUT2D eigenvalue weighted by atomic mass is 10.1. The van der Waals surface area contributed by atoms with Gasteiger partial charge in [-0.1, -0.05) is 36.0 Å². The maximum atomic E-state index is 13.1. The zero-order valence-corrected chi connectivity index (χ0v) is 12.6. The fourth-order valence-electron chi connectivity index (χ4n) is 1.81. The standard InChI is InChI=1S/C14H13FN4O2S/c1-2-11-16-13(21-19-11)8-22-14-18-17-12(20-14)7-9-4-3-5-10(15)6-9/h3-6H,2,7-8H2,1H3. The van der Waals surface area contributed by atoms with Crippen LogP contribution in [0.2, 0.25) is 0 Å². The molecule has 1 aromatic carbocycles. The number of rotatable bonds is 6. The highest BCUT2D eigenvalue weighted by Crippen LogP contribution is 2.21. The van der Waals surface area contributed by atoms with E-state index < -0.39 is 0 Å². The van der Waals surface area contributed by atoms with Crippen LogP contribution < -0.4 is 0 Å². The summed E-state index contributed by atoms with van der Waals surface area (Å²) in [7, 11) is 0. The van der Waals surface area contributed by atoms with Crippen LogP contribution in [0, 0.1) is 5.82 Å². The Bertz CT molecular complexity index is 759. The molecule has 0 fully saturated rings. The first-order valence-electron chi connectivity index (χ1n) is 6.74. The monoisotopic (exact) mass is 320 g/mol. The molecule has 0 atom stereocenters. The van der Waals surface area contributed by atoms with Crippen molar-refractivity contribution in [3.05, 3.63) is 53.3 Å². The topological polar surface area (TPSA) is 77.8 Å². The minimum absolute atomic E-state index is 0.283. The molecule has 0 N–H and O–H groups in total. The van der Waals surface area contributed by atoms with Gasteiger partial charge in [0.05, 0.1) is 12.2 Å². The van der Waals surface area contributed by atoms with Gasteiger partial charge < -0.3 is 8.94 Å². The van der Waals surface area contributed by atoms with Gasteiger partial charge in [-0.2, -0.15) is 4.98 Å². The fourth-order valence-corrected chi connectivity index (χ4v) is 2.42. The van der Waals surface area contributed by atoms with E-state index in [0.29, 0.717) is 35.0 Å². The zero-order valence-electron chi connectivity index (χ0n) is 11.8. The van der Waals surface area contributed by atoms with Crippen LogP contribution in [0.4, 0.5) is 4.39 Å². The molecule has 8 heteroatoms.